The Morgan fingerprint density at radius 2 is 1.97 bits per heavy atom. The number of carbonyl (C=O) groups is 3. The molecule has 1 saturated heterocycles. The first-order valence-electron chi connectivity index (χ1n) is 8.73. The summed E-state index contributed by atoms with van der Waals surface area (Å²) in [7, 11) is 1.50. The van der Waals surface area contributed by atoms with E-state index in [0.29, 0.717) is 22.1 Å². The topological polar surface area (TPSA) is 104 Å². The molecule has 29 heavy (non-hydrogen) atoms. The predicted octanol–water partition coefficient (Wildman–Crippen LogP) is 2.28. The normalized spacial score (nSPS) is 20.2. The van der Waals surface area contributed by atoms with Crippen molar-refractivity contribution in [3.63, 3.8) is 0 Å². The van der Waals surface area contributed by atoms with Gasteiger partial charge in [-0.15, -0.1) is 0 Å². The third kappa shape index (κ3) is 3.40. The van der Waals surface area contributed by atoms with Crippen LogP contribution in [0.3, 0.4) is 0 Å². The van der Waals surface area contributed by atoms with E-state index >= 15 is 0 Å². The van der Waals surface area contributed by atoms with Crippen molar-refractivity contribution in [2.75, 3.05) is 23.9 Å². The number of ether oxygens (including phenoxy) is 1. The number of imide groups is 1. The summed E-state index contributed by atoms with van der Waals surface area (Å²) in [6.45, 7) is -0.245. The zero-order valence-electron chi connectivity index (χ0n) is 15.3. The summed E-state index contributed by atoms with van der Waals surface area (Å²) in [6, 6.07) is 11.4. The van der Waals surface area contributed by atoms with E-state index in [-0.39, 0.29) is 6.54 Å². The number of benzene rings is 2. The van der Waals surface area contributed by atoms with E-state index in [4.69, 9.17) is 16.3 Å². The number of methoxy groups -OCH3 is 1. The van der Waals surface area contributed by atoms with Crippen LogP contribution in [-0.2, 0) is 14.4 Å². The minimum atomic E-state index is -0.986. The van der Waals surface area contributed by atoms with Gasteiger partial charge in [-0.05, 0) is 30.3 Å². The summed E-state index contributed by atoms with van der Waals surface area (Å²) in [6.07, 6.45) is 0. The molecule has 0 aliphatic carbocycles. The molecule has 0 saturated carbocycles. The molecule has 0 aromatic heterocycles. The van der Waals surface area contributed by atoms with Crippen molar-refractivity contribution in [2.24, 2.45) is 10.3 Å². The van der Waals surface area contributed by atoms with E-state index in [9.17, 15) is 14.4 Å². The molecule has 2 aliphatic heterocycles. The number of nitrogens with one attached hydrogen (secondary N) is 1. The molecule has 0 unspecified atom stereocenters. The Kier molecular flexibility index (Phi) is 4.89. The van der Waals surface area contributed by atoms with E-state index in [1.165, 1.54) is 18.2 Å². The van der Waals surface area contributed by atoms with Crippen molar-refractivity contribution < 1.29 is 19.1 Å². The van der Waals surface area contributed by atoms with Crippen LogP contribution >= 0.6 is 11.6 Å². The maximum Gasteiger partial charge on any atom is 0.263 e. The number of halogens is 1. The molecule has 2 aromatic rings. The van der Waals surface area contributed by atoms with Gasteiger partial charge in [-0.2, -0.15) is 5.11 Å². The molecule has 148 valence electrons. The van der Waals surface area contributed by atoms with E-state index in [0.717, 1.165) is 4.90 Å². The fraction of sp³-hybridized carbons (Fsp3) is 0.211. The molecule has 9 nitrogen and oxygen atoms in total. The lowest BCUT2D eigenvalue weighted by Gasteiger charge is -2.20. The predicted molar refractivity (Wildman–Crippen MR) is 105 cm³/mol. The molecule has 2 heterocycles. The van der Waals surface area contributed by atoms with E-state index in [2.05, 4.69) is 15.7 Å². The maximum absolute atomic E-state index is 12.9. The van der Waals surface area contributed by atoms with Crippen molar-refractivity contribution in [3.05, 3.63) is 53.6 Å². The Hall–Kier alpha value is -3.46. The Morgan fingerprint density at radius 1 is 1.17 bits per heavy atom. The van der Waals surface area contributed by atoms with Gasteiger partial charge in [-0.25, -0.2) is 4.90 Å². The molecule has 3 amide bonds. The van der Waals surface area contributed by atoms with Crippen LogP contribution in [0.15, 0.2) is 58.9 Å². The Labute approximate surface area is 170 Å². The van der Waals surface area contributed by atoms with Crippen LogP contribution in [0.5, 0.6) is 5.75 Å². The monoisotopic (exact) mass is 413 g/mol. The lowest BCUT2D eigenvalue weighted by molar-refractivity contribution is -0.123. The molecule has 0 spiro atoms. The molecule has 1 N–H and O–H groups in total. The Balaban J connectivity index is 1.50. The van der Waals surface area contributed by atoms with Crippen LogP contribution in [-0.4, -0.2) is 48.5 Å². The summed E-state index contributed by atoms with van der Waals surface area (Å²) in [5.41, 5.74) is 0.845. The fourth-order valence-electron chi connectivity index (χ4n) is 3.31. The number of para-hydroxylation sites is 2. The van der Waals surface area contributed by atoms with Gasteiger partial charge in [0.2, 0.25) is 5.91 Å². The van der Waals surface area contributed by atoms with Crippen LogP contribution in [0, 0.1) is 0 Å². The molecule has 0 bridgehead atoms. The van der Waals surface area contributed by atoms with Crippen LogP contribution in [0.25, 0.3) is 0 Å². The van der Waals surface area contributed by atoms with E-state index in [1.807, 2.05) is 0 Å². The van der Waals surface area contributed by atoms with Gasteiger partial charge < -0.3 is 10.1 Å². The fourth-order valence-corrected chi connectivity index (χ4v) is 3.49. The number of rotatable bonds is 5. The summed E-state index contributed by atoms with van der Waals surface area (Å²) in [4.78, 5) is 39.1. The number of hydrogen-bond acceptors (Lipinski definition) is 7. The van der Waals surface area contributed by atoms with Gasteiger partial charge >= 0.3 is 0 Å². The van der Waals surface area contributed by atoms with Gasteiger partial charge in [0.1, 0.15) is 12.3 Å². The van der Waals surface area contributed by atoms with E-state index < -0.39 is 29.8 Å². The van der Waals surface area contributed by atoms with Crippen molar-refractivity contribution in [2.45, 2.75) is 12.1 Å². The third-order valence-electron chi connectivity index (χ3n) is 4.61. The summed E-state index contributed by atoms with van der Waals surface area (Å²) < 4.78 is 5.20. The minimum absolute atomic E-state index is 0.245. The molecule has 2 aromatic carbocycles. The molecule has 2 aliphatic rings. The molecule has 4 rings (SSSR count). The highest BCUT2D eigenvalue weighted by Gasteiger charge is 2.55. The standard InChI is InChI=1S/C19H16ClN5O4/c1-29-14-8-3-2-7-13(14)21-15(26)10-24-17-16(22-23-24)18(27)25(19(17)28)12-6-4-5-11(20)9-12/h2-9,16-17H,10H2,1H3,(H,21,26)/t16-,17-/m1/s1. The number of carbonyl (C=O) groups excluding carboxylic acids is 3. The highest BCUT2D eigenvalue weighted by atomic mass is 35.5. The first-order chi connectivity index (χ1) is 14.0. The van der Waals surface area contributed by atoms with Crippen LogP contribution < -0.4 is 15.0 Å². The smallest absolute Gasteiger partial charge is 0.263 e. The molecule has 2 atom stereocenters. The second-order valence-electron chi connectivity index (χ2n) is 6.43. The van der Waals surface area contributed by atoms with Gasteiger partial charge in [-0.1, -0.05) is 35.0 Å². The quantitative estimate of drug-likeness (QED) is 0.757. The maximum atomic E-state index is 12.9. The van der Waals surface area contributed by atoms with Crippen molar-refractivity contribution in [1.82, 2.24) is 5.01 Å². The SMILES string of the molecule is COc1ccccc1NC(=O)CN1N=N[C@H]2C(=O)N(c3cccc(Cl)c3)C(=O)[C@@H]21. The summed E-state index contributed by atoms with van der Waals surface area (Å²) in [5, 5.41) is 12.1. The molecule has 1 fully saturated rings. The van der Waals surface area contributed by atoms with Gasteiger partial charge in [0.25, 0.3) is 11.8 Å². The lowest BCUT2D eigenvalue weighted by Crippen LogP contribution is -2.43. The highest BCUT2D eigenvalue weighted by Crippen LogP contribution is 2.32. The number of fused-ring (bicyclic) bond motifs is 1. The first kappa shape index (κ1) is 18.9. The summed E-state index contributed by atoms with van der Waals surface area (Å²) >= 11 is 5.97. The Morgan fingerprint density at radius 3 is 2.72 bits per heavy atom. The van der Waals surface area contributed by atoms with E-state index in [1.54, 1.807) is 42.5 Å². The van der Waals surface area contributed by atoms with Crippen molar-refractivity contribution >= 4 is 40.7 Å². The van der Waals surface area contributed by atoms with Crippen molar-refractivity contribution in [3.8, 4) is 5.75 Å². The first-order valence-corrected chi connectivity index (χ1v) is 9.11. The zero-order chi connectivity index (χ0) is 20.5. The van der Waals surface area contributed by atoms with Crippen LogP contribution in [0.1, 0.15) is 0 Å². The second kappa shape index (κ2) is 7.51. The number of anilines is 2. The Bertz CT molecular complexity index is 1030. The zero-order valence-corrected chi connectivity index (χ0v) is 16.0. The van der Waals surface area contributed by atoms with Crippen molar-refractivity contribution in [1.29, 1.82) is 0 Å². The average Bonchev–Trinajstić information content (AvgIpc) is 3.22. The summed E-state index contributed by atoms with van der Waals surface area (Å²) in [5.74, 6) is -0.924. The second-order valence-corrected chi connectivity index (χ2v) is 6.87. The molecular formula is C19H16ClN5O4. The van der Waals surface area contributed by atoms with Gasteiger partial charge in [0.05, 0.1) is 18.5 Å². The number of nitrogens with zero attached hydrogens (tertiary/aromatic N) is 4. The molecule has 10 heteroatoms. The minimum Gasteiger partial charge on any atom is -0.495 e. The number of amides is 3. The average molecular weight is 414 g/mol. The van der Waals surface area contributed by atoms with Gasteiger partial charge in [0.15, 0.2) is 12.1 Å². The van der Waals surface area contributed by atoms with Crippen LogP contribution in [0.4, 0.5) is 11.4 Å². The molecular weight excluding hydrogens is 398 g/mol. The largest absolute Gasteiger partial charge is 0.495 e. The highest BCUT2D eigenvalue weighted by molar-refractivity contribution is 6.31. The third-order valence-corrected chi connectivity index (χ3v) is 4.85. The number of hydrogen-bond donors (Lipinski definition) is 1. The van der Waals surface area contributed by atoms with Gasteiger partial charge in [0, 0.05) is 5.02 Å². The van der Waals surface area contributed by atoms with Crippen LogP contribution in [0.2, 0.25) is 5.02 Å². The van der Waals surface area contributed by atoms with Gasteiger partial charge in [-0.3, -0.25) is 19.4 Å². The molecule has 0 radical (unpaired) electrons. The lowest BCUT2D eigenvalue weighted by atomic mass is 10.1.